The first kappa shape index (κ1) is 22.5. The average Bonchev–Trinajstić information content (AvgIpc) is 2.69. The number of nitrogens with zero attached hydrogens (tertiary/aromatic N) is 1. The van der Waals surface area contributed by atoms with Crippen molar-refractivity contribution < 1.29 is 23.1 Å². The topological polar surface area (TPSA) is 70.7 Å². The summed E-state index contributed by atoms with van der Waals surface area (Å²) in [6.45, 7) is 3.47. The van der Waals surface area contributed by atoms with Gasteiger partial charge in [-0.05, 0) is 30.7 Å². The lowest BCUT2D eigenvalue weighted by atomic mass is 9.86. The Kier molecular flexibility index (Phi) is 8.59. The fourth-order valence-electron chi connectivity index (χ4n) is 3.62. The third-order valence-electron chi connectivity index (χ3n) is 5.13. The molecule has 0 saturated carbocycles. The van der Waals surface area contributed by atoms with Gasteiger partial charge in [0.05, 0.1) is 13.2 Å². The number of morpholine rings is 1. The van der Waals surface area contributed by atoms with Crippen LogP contribution < -0.4 is 10.6 Å². The lowest BCUT2D eigenvalue weighted by molar-refractivity contribution is -0.137. The number of nitrogens with one attached hydrogen (secondary N) is 2. The molecule has 0 bridgehead atoms. The van der Waals surface area contributed by atoms with E-state index in [0.29, 0.717) is 44.8 Å². The standard InChI is InChI=1S/C19H25F2N3O3.ClH/c20-15-2-1-13(11-16(15)21)14-5-6-22-12-17(14)23-18(25)3-4-19(26)24-7-9-27-10-8-24;/h1-2,11,14,17,22H,3-10,12H2,(H,23,25);1H. The normalized spacial score (nSPS) is 22.3. The van der Waals surface area contributed by atoms with E-state index >= 15 is 0 Å². The third kappa shape index (κ3) is 5.86. The molecule has 1 aromatic rings. The third-order valence-corrected chi connectivity index (χ3v) is 5.13. The van der Waals surface area contributed by atoms with E-state index in [-0.39, 0.29) is 49.0 Å². The van der Waals surface area contributed by atoms with Crippen LogP contribution in [0.4, 0.5) is 8.78 Å². The molecule has 0 radical (unpaired) electrons. The highest BCUT2D eigenvalue weighted by atomic mass is 35.5. The Bertz CT molecular complexity index is 686. The molecule has 3 rings (SSSR count). The van der Waals surface area contributed by atoms with Gasteiger partial charge in [-0.3, -0.25) is 9.59 Å². The van der Waals surface area contributed by atoms with Crippen LogP contribution in [-0.4, -0.2) is 62.1 Å². The first-order chi connectivity index (χ1) is 13.0. The summed E-state index contributed by atoms with van der Waals surface area (Å²) >= 11 is 0. The number of carbonyl (C=O) groups is 2. The van der Waals surface area contributed by atoms with E-state index in [9.17, 15) is 18.4 Å². The van der Waals surface area contributed by atoms with Crippen molar-refractivity contribution in [2.45, 2.75) is 31.2 Å². The Morgan fingerprint density at radius 2 is 1.93 bits per heavy atom. The van der Waals surface area contributed by atoms with Gasteiger partial charge in [0.1, 0.15) is 0 Å². The van der Waals surface area contributed by atoms with E-state index in [1.54, 1.807) is 11.0 Å². The Morgan fingerprint density at radius 3 is 2.64 bits per heavy atom. The summed E-state index contributed by atoms with van der Waals surface area (Å²) in [6, 6.07) is 3.66. The van der Waals surface area contributed by atoms with Crippen molar-refractivity contribution >= 4 is 24.2 Å². The summed E-state index contributed by atoms with van der Waals surface area (Å²) in [7, 11) is 0. The Morgan fingerprint density at radius 1 is 1.18 bits per heavy atom. The van der Waals surface area contributed by atoms with E-state index in [1.807, 2.05) is 0 Å². The zero-order valence-electron chi connectivity index (χ0n) is 15.6. The molecule has 2 heterocycles. The number of benzene rings is 1. The van der Waals surface area contributed by atoms with Gasteiger partial charge in [-0.25, -0.2) is 8.78 Å². The highest BCUT2D eigenvalue weighted by molar-refractivity contribution is 5.85. The predicted octanol–water partition coefficient (Wildman–Crippen LogP) is 1.59. The monoisotopic (exact) mass is 417 g/mol. The second kappa shape index (κ2) is 10.7. The van der Waals surface area contributed by atoms with Gasteiger partial charge >= 0.3 is 0 Å². The van der Waals surface area contributed by atoms with Gasteiger partial charge in [0, 0.05) is 44.4 Å². The van der Waals surface area contributed by atoms with Gasteiger partial charge in [0.25, 0.3) is 0 Å². The molecule has 2 aliphatic rings. The van der Waals surface area contributed by atoms with Gasteiger partial charge < -0.3 is 20.3 Å². The van der Waals surface area contributed by atoms with Gasteiger partial charge in [-0.2, -0.15) is 0 Å². The number of hydrogen-bond acceptors (Lipinski definition) is 4. The summed E-state index contributed by atoms with van der Waals surface area (Å²) in [5, 5.41) is 6.16. The van der Waals surface area contributed by atoms with Crippen molar-refractivity contribution in [1.82, 2.24) is 15.5 Å². The van der Waals surface area contributed by atoms with Crippen LogP contribution in [0.25, 0.3) is 0 Å². The Labute approximate surface area is 169 Å². The minimum atomic E-state index is -0.882. The summed E-state index contributed by atoms with van der Waals surface area (Å²) in [5.74, 6) is -2.12. The summed E-state index contributed by atoms with van der Waals surface area (Å²) in [4.78, 5) is 26.2. The van der Waals surface area contributed by atoms with Crippen LogP contribution >= 0.6 is 12.4 Å². The minimum Gasteiger partial charge on any atom is -0.378 e. The van der Waals surface area contributed by atoms with Crippen LogP contribution in [0.3, 0.4) is 0 Å². The molecule has 9 heteroatoms. The maximum Gasteiger partial charge on any atom is 0.223 e. The average molecular weight is 418 g/mol. The zero-order valence-corrected chi connectivity index (χ0v) is 16.4. The number of amides is 2. The van der Waals surface area contributed by atoms with Crippen LogP contribution in [0.1, 0.15) is 30.7 Å². The number of carbonyl (C=O) groups excluding carboxylic acids is 2. The molecule has 2 amide bonds. The quantitative estimate of drug-likeness (QED) is 0.763. The van der Waals surface area contributed by atoms with Crippen LogP contribution in [0, 0.1) is 11.6 Å². The number of hydrogen-bond donors (Lipinski definition) is 2. The molecule has 2 N–H and O–H groups in total. The summed E-state index contributed by atoms with van der Waals surface area (Å²) in [5.41, 5.74) is 0.671. The lowest BCUT2D eigenvalue weighted by Gasteiger charge is -2.33. The molecule has 2 aliphatic heterocycles. The maximum atomic E-state index is 13.6. The second-order valence-corrected chi connectivity index (χ2v) is 6.94. The fourth-order valence-corrected chi connectivity index (χ4v) is 3.62. The van der Waals surface area contributed by atoms with E-state index in [4.69, 9.17) is 4.74 Å². The van der Waals surface area contributed by atoms with Crippen LogP contribution in [0.5, 0.6) is 0 Å². The smallest absolute Gasteiger partial charge is 0.223 e. The molecule has 2 fully saturated rings. The molecule has 2 saturated heterocycles. The highest BCUT2D eigenvalue weighted by Crippen LogP contribution is 2.27. The Balaban J connectivity index is 0.00000280. The molecule has 0 spiro atoms. The molecule has 2 atom stereocenters. The van der Waals surface area contributed by atoms with Gasteiger partial charge in [-0.15, -0.1) is 12.4 Å². The van der Waals surface area contributed by atoms with Crippen LogP contribution in [0.15, 0.2) is 18.2 Å². The molecule has 0 aromatic heterocycles. The lowest BCUT2D eigenvalue weighted by Crippen LogP contribution is -2.50. The van der Waals surface area contributed by atoms with E-state index in [2.05, 4.69) is 10.6 Å². The van der Waals surface area contributed by atoms with E-state index < -0.39 is 11.6 Å². The van der Waals surface area contributed by atoms with Crippen LogP contribution in [-0.2, 0) is 14.3 Å². The van der Waals surface area contributed by atoms with E-state index in [0.717, 1.165) is 12.6 Å². The molecule has 0 aliphatic carbocycles. The fraction of sp³-hybridized carbons (Fsp3) is 0.579. The highest BCUT2D eigenvalue weighted by Gasteiger charge is 2.28. The van der Waals surface area contributed by atoms with E-state index in [1.165, 1.54) is 6.07 Å². The van der Waals surface area contributed by atoms with Gasteiger partial charge in [0.2, 0.25) is 11.8 Å². The number of piperidine rings is 1. The summed E-state index contributed by atoms with van der Waals surface area (Å²) < 4.78 is 32.0. The van der Waals surface area contributed by atoms with Crippen molar-refractivity contribution in [3.8, 4) is 0 Å². The van der Waals surface area contributed by atoms with Crippen molar-refractivity contribution in [2.24, 2.45) is 0 Å². The molecule has 2 unspecified atom stereocenters. The molecule has 156 valence electrons. The van der Waals surface area contributed by atoms with Crippen molar-refractivity contribution in [3.05, 3.63) is 35.4 Å². The minimum absolute atomic E-state index is 0. The Hall–Kier alpha value is -1.77. The van der Waals surface area contributed by atoms with Crippen LogP contribution in [0.2, 0.25) is 0 Å². The number of rotatable bonds is 5. The summed E-state index contributed by atoms with van der Waals surface area (Å²) in [6.07, 6.45) is 0.974. The van der Waals surface area contributed by atoms with Crippen molar-refractivity contribution in [3.63, 3.8) is 0 Å². The molecule has 1 aromatic carbocycles. The molecular weight excluding hydrogens is 392 g/mol. The molecular formula is C19H26ClF2N3O3. The first-order valence-corrected chi connectivity index (χ1v) is 9.35. The zero-order chi connectivity index (χ0) is 19.2. The van der Waals surface area contributed by atoms with Gasteiger partial charge in [-0.1, -0.05) is 6.07 Å². The number of halogens is 3. The van der Waals surface area contributed by atoms with Crippen molar-refractivity contribution in [2.75, 3.05) is 39.4 Å². The first-order valence-electron chi connectivity index (χ1n) is 9.35. The number of ether oxygens (including phenoxy) is 1. The van der Waals surface area contributed by atoms with Gasteiger partial charge in [0.15, 0.2) is 11.6 Å². The molecule has 28 heavy (non-hydrogen) atoms. The largest absolute Gasteiger partial charge is 0.378 e. The SMILES string of the molecule is Cl.O=C(CCC(=O)N1CCOCC1)NC1CNCCC1c1ccc(F)c(F)c1. The second-order valence-electron chi connectivity index (χ2n) is 6.94. The molecule has 6 nitrogen and oxygen atoms in total. The maximum absolute atomic E-state index is 13.6. The van der Waals surface area contributed by atoms with Crippen molar-refractivity contribution in [1.29, 1.82) is 0 Å². The predicted molar refractivity (Wildman–Crippen MR) is 102 cm³/mol.